The van der Waals surface area contributed by atoms with Crippen molar-refractivity contribution in [2.75, 3.05) is 21.3 Å². The first-order valence-corrected chi connectivity index (χ1v) is 9.93. The van der Waals surface area contributed by atoms with E-state index >= 15 is 0 Å². The number of methoxy groups -OCH3 is 3. The monoisotopic (exact) mass is 396 g/mol. The van der Waals surface area contributed by atoms with Crippen molar-refractivity contribution in [2.45, 2.75) is 84.0 Å². The molecule has 0 aliphatic heterocycles. The lowest BCUT2D eigenvalue weighted by atomic mass is 9.89. The van der Waals surface area contributed by atoms with Crippen LogP contribution < -0.4 is 4.74 Å². The molecule has 5 nitrogen and oxygen atoms in total. The molecule has 1 aromatic carbocycles. The van der Waals surface area contributed by atoms with Crippen molar-refractivity contribution in [2.24, 2.45) is 0 Å². The molecule has 0 N–H and O–H groups in total. The van der Waals surface area contributed by atoms with Crippen LogP contribution >= 0.6 is 0 Å². The second-order valence-electron chi connectivity index (χ2n) is 7.95. The Kier molecular flexibility index (Phi) is 12.8. The Morgan fingerprint density at radius 3 is 1.64 bits per heavy atom. The molecule has 162 valence electrons. The minimum Gasteiger partial charge on any atom is -0.490 e. The zero-order chi connectivity index (χ0) is 21.6. The summed E-state index contributed by atoms with van der Waals surface area (Å²) in [5, 5.41) is 0. The van der Waals surface area contributed by atoms with E-state index in [1.165, 1.54) is 44.8 Å². The number of hydrogen-bond acceptors (Lipinski definition) is 5. The summed E-state index contributed by atoms with van der Waals surface area (Å²) in [6.45, 7) is 10.5. The van der Waals surface area contributed by atoms with Gasteiger partial charge < -0.3 is 18.9 Å². The van der Waals surface area contributed by atoms with Crippen LogP contribution in [0.5, 0.6) is 5.75 Å². The van der Waals surface area contributed by atoms with Gasteiger partial charge in [-0.3, -0.25) is 4.79 Å². The fraction of sp³-hybridized carbons (Fsp3) is 0.696. The van der Waals surface area contributed by atoms with Gasteiger partial charge in [-0.25, -0.2) is 0 Å². The highest BCUT2D eigenvalue weighted by atomic mass is 16.5. The minimum absolute atomic E-state index is 0.234. The van der Waals surface area contributed by atoms with E-state index in [0.29, 0.717) is 12.6 Å². The van der Waals surface area contributed by atoms with Gasteiger partial charge in [0.1, 0.15) is 5.75 Å². The predicted molar refractivity (Wildman–Crippen MR) is 114 cm³/mol. The van der Waals surface area contributed by atoms with Crippen LogP contribution in [0.25, 0.3) is 0 Å². The van der Waals surface area contributed by atoms with E-state index in [1.54, 1.807) is 14.2 Å². The van der Waals surface area contributed by atoms with Crippen molar-refractivity contribution < 1.29 is 23.7 Å². The van der Waals surface area contributed by atoms with E-state index in [9.17, 15) is 0 Å². The Balaban J connectivity index is 0.000000458. The molecule has 1 fully saturated rings. The van der Waals surface area contributed by atoms with Crippen molar-refractivity contribution in [3.8, 4) is 5.75 Å². The lowest BCUT2D eigenvalue weighted by molar-refractivity contribution is -0.147. The Morgan fingerprint density at radius 2 is 1.29 bits per heavy atom. The summed E-state index contributed by atoms with van der Waals surface area (Å²) in [4.78, 5) is 8.95. The van der Waals surface area contributed by atoms with Crippen LogP contribution in [0.2, 0.25) is 0 Å². The van der Waals surface area contributed by atoms with Crippen molar-refractivity contribution in [3.63, 3.8) is 0 Å². The molecule has 0 heterocycles. The maximum absolute atomic E-state index is 8.95. The van der Waals surface area contributed by atoms with Crippen LogP contribution in [0.3, 0.4) is 0 Å². The van der Waals surface area contributed by atoms with Crippen LogP contribution in [0.15, 0.2) is 24.3 Å². The lowest BCUT2D eigenvalue weighted by Gasteiger charge is -2.38. The van der Waals surface area contributed by atoms with E-state index in [0.717, 1.165) is 5.75 Å². The van der Waals surface area contributed by atoms with E-state index in [2.05, 4.69) is 35.9 Å². The maximum atomic E-state index is 8.95. The fourth-order valence-electron chi connectivity index (χ4n) is 2.48. The Bertz CT molecular complexity index is 502. The zero-order valence-electron chi connectivity index (χ0n) is 19.0. The Morgan fingerprint density at radius 1 is 0.857 bits per heavy atom. The van der Waals surface area contributed by atoms with Gasteiger partial charge in [-0.2, -0.15) is 0 Å². The van der Waals surface area contributed by atoms with E-state index < -0.39 is 0 Å². The molecule has 0 saturated heterocycles. The third kappa shape index (κ3) is 10.1. The molecule has 0 radical (unpaired) electrons. The Hall–Kier alpha value is -1.59. The van der Waals surface area contributed by atoms with E-state index in [-0.39, 0.29) is 11.2 Å². The first kappa shape index (κ1) is 26.4. The van der Waals surface area contributed by atoms with Gasteiger partial charge in [-0.05, 0) is 72.4 Å². The molecule has 0 amide bonds. The summed E-state index contributed by atoms with van der Waals surface area (Å²) in [5.74, 6) is 1.03. The summed E-state index contributed by atoms with van der Waals surface area (Å²) in [6.07, 6.45) is 6.97. The standard InChI is InChI=1S/C13H18O.C8H18O2.C2H4O2/c1-11-7-9-13(10-8-11)14-12-5-3-2-4-6-12;1-7(2,9-5)8(3,4)10-6;1-4-2-3/h7-10,12H,2-6H2,1H3;1-6H3;2H,1H3. The molecule has 28 heavy (non-hydrogen) atoms. The molecular formula is C23H40O5. The third-order valence-corrected chi connectivity index (χ3v) is 5.44. The first-order chi connectivity index (χ1) is 13.1. The van der Waals surface area contributed by atoms with Gasteiger partial charge in [-0.1, -0.05) is 24.1 Å². The van der Waals surface area contributed by atoms with Gasteiger partial charge in [0.2, 0.25) is 0 Å². The largest absolute Gasteiger partial charge is 0.490 e. The quantitative estimate of drug-likeness (QED) is 0.608. The highest BCUT2D eigenvalue weighted by Crippen LogP contribution is 2.27. The number of aryl methyl sites for hydroxylation is 1. The van der Waals surface area contributed by atoms with Crippen LogP contribution in [-0.2, 0) is 19.0 Å². The summed E-state index contributed by atoms with van der Waals surface area (Å²) >= 11 is 0. The molecular weight excluding hydrogens is 356 g/mol. The van der Waals surface area contributed by atoms with Crippen LogP contribution in [0.1, 0.15) is 65.4 Å². The summed E-state index contributed by atoms with van der Waals surface area (Å²) < 4.78 is 20.3. The topological polar surface area (TPSA) is 54.0 Å². The third-order valence-electron chi connectivity index (χ3n) is 5.44. The highest BCUT2D eigenvalue weighted by molar-refractivity contribution is 5.36. The molecule has 0 spiro atoms. The van der Waals surface area contributed by atoms with Gasteiger partial charge in [0.05, 0.1) is 24.4 Å². The van der Waals surface area contributed by atoms with Crippen molar-refractivity contribution in [1.82, 2.24) is 0 Å². The maximum Gasteiger partial charge on any atom is 0.292 e. The lowest BCUT2D eigenvalue weighted by Crippen LogP contribution is -2.48. The van der Waals surface area contributed by atoms with E-state index in [1.807, 2.05) is 27.7 Å². The number of hydrogen-bond donors (Lipinski definition) is 0. The van der Waals surface area contributed by atoms with Crippen molar-refractivity contribution >= 4 is 6.47 Å². The first-order valence-electron chi connectivity index (χ1n) is 9.93. The van der Waals surface area contributed by atoms with Gasteiger partial charge in [0.15, 0.2) is 0 Å². The normalized spacial score (nSPS) is 14.7. The van der Waals surface area contributed by atoms with Crippen LogP contribution in [0.4, 0.5) is 0 Å². The average molecular weight is 397 g/mol. The number of ether oxygens (including phenoxy) is 4. The predicted octanol–water partition coefficient (Wildman–Crippen LogP) is 5.33. The fourth-order valence-corrected chi connectivity index (χ4v) is 2.48. The molecule has 0 unspecified atom stereocenters. The Labute approximate surface area is 171 Å². The molecule has 2 rings (SSSR count). The molecule has 0 aromatic heterocycles. The molecule has 1 saturated carbocycles. The summed E-state index contributed by atoms with van der Waals surface area (Å²) in [5.41, 5.74) is 0.824. The summed E-state index contributed by atoms with van der Waals surface area (Å²) in [6, 6.07) is 8.37. The molecule has 1 aliphatic rings. The summed E-state index contributed by atoms with van der Waals surface area (Å²) in [7, 11) is 4.70. The van der Waals surface area contributed by atoms with Gasteiger partial charge in [0.25, 0.3) is 6.47 Å². The smallest absolute Gasteiger partial charge is 0.292 e. The van der Waals surface area contributed by atoms with E-state index in [4.69, 9.17) is 19.0 Å². The molecule has 0 bridgehead atoms. The van der Waals surface area contributed by atoms with Crippen molar-refractivity contribution in [1.29, 1.82) is 0 Å². The minimum atomic E-state index is -0.234. The SMILES string of the molecule is COC(C)(C)C(C)(C)OC.COC=O.Cc1ccc(OC2CCCCC2)cc1. The average Bonchev–Trinajstić information content (AvgIpc) is 2.71. The second kappa shape index (κ2) is 13.6. The van der Waals surface area contributed by atoms with Crippen molar-refractivity contribution in [3.05, 3.63) is 29.8 Å². The second-order valence-corrected chi connectivity index (χ2v) is 7.95. The van der Waals surface area contributed by atoms with Crippen LogP contribution in [0, 0.1) is 6.92 Å². The van der Waals surface area contributed by atoms with Gasteiger partial charge in [-0.15, -0.1) is 0 Å². The molecule has 1 aliphatic carbocycles. The van der Waals surface area contributed by atoms with Gasteiger partial charge >= 0.3 is 0 Å². The molecule has 1 aromatic rings. The number of rotatable bonds is 6. The molecule has 0 atom stereocenters. The van der Waals surface area contributed by atoms with Gasteiger partial charge in [0, 0.05) is 14.2 Å². The zero-order valence-corrected chi connectivity index (χ0v) is 19.0. The molecule has 5 heteroatoms. The number of benzene rings is 1. The van der Waals surface area contributed by atoms with Crippen LogP contribution in [-0.4, -0.2) is 45.1 Å². The highest BCUT2D eigenvalue weighted by Gasteiger charge is 2.36. The number of carbonyl (C=O) groups is 1. The number of carbonyl (C=O) groups excluding carboxylic acids is 1.